The van der Waals surface area contributed by atoms with Crippen molar-refractivity contribution in [3.8, 4) is 0 Å². The first-order valence-corrected chi connectivity index (χ1v) is 35.6. The summed E-state index contributed by atoms with van der Waals surface area (Å²) >= 11 is 0. The molecule has 81 heavy (non-hydrogen) atoms. The molecule has 24 aliphatic carbocycles. The zero-order chi connectivity index (χ0) is 52.6. The quantitative estimate of drug-likeness (QED) is 0.110. The molecule has 0 aromatic carbocycles. The van der Waals surface area contributed by atoms with Crippen LogP contribution in [0.3, 0.4) is 0 Å². The fraction of sp³-hybridized carbons (Fsp3) is 0.957. The van der Waals surface area contributed by atoms with E-state index in [9.17, 15) is 0 Å². The Bertz CT molecular complexity index is 1900. The first-order chi connectivity index (χ1) is 39.8. The Morgan fingerprint density at radius 1 is 0.198 bits per heavy atom. The van der Waals surface area contributed by atoms with E-state index in [-0.39, 0.29) is 0 Å². The van der Waals surface area contributed by atoms with E-state index in [1.54, 1.807) is 0 Å². The maximum Gasteiger partial charge on any atom is 0.235 e. The molecule has 24 aliphatic rings. The van der Waals surface area contributed by atoms with Gasteiger partial charge in [-0.05, 0) is 335 Å². The maximum atomic E-state index is 7.44. The number of hydrogen-bond acceptors (Lipinski definition) is 12. The third-order valence-electron chi connectivity index (χ3n) is 28.8. The van der Waals surface area contributed by atoms with Gasteiger partial charge in [0.25, 0.3) is 0 Å². The highest BCUT2D eigenvalue weighted by molar-refractivity contribution is 5.46. The van der Waals surface area contributed by atoms with E-state index in [1.165, 1.54) is 193 Å². The van der Waals surface area contributed by atoms with Gasteiger partial charge in [-0.2, -0.15) is 15.0 Å². The number of aromatic nitrogens is 3. The van der Waals surface area contributed by atoms with Crippen molar-refractivity contribution >= 4 is 17.8 Å². The standard InChI is InChI=1S/C69H102N6O6/c1-37-7-49-9-38(1)10-50(8-37)61(49)76-31-73(32-77-62-51-11-39-2-40(13-51)14-52(62)12-39)67-70-68(74(33-78-63-53-15-41-3-42(17-53)18-54(63)16-41)34-79-64-55-19-43-4-44(21-55)22-56(64)20-43)72-69(71-67)75(35-80-65-57-23-45-5-46(25-57)26-58(65)24-45)36-81-66-59-27-47-6-48(29-59)30-60(66)28-47/h37-66H,1-36H2. The molecule has 24 bridgehead atoms. The molecule has 0 atom stereocenters. The van der Waals surface area contributed by atoms with E-state index < -0.39 is 0 Å². The van der Waals surface area contributed by atoms with Gasteiger partial charge in [0.05, 0.1) is 36.6 Å². The zero-order valence-electron chi connectivity index (χ0n) is 49.4. The monoisotopic (exact) mass is 1110 g/mol. The maximum absolute atomic E-state index is 7.44. The van der Waals surface area contributed by atoms with Crippen LogP contribution >= 0.6 is 0 Å². The van der Waals surface area contributed by atoms with Crippen LogP contribution in [-0.4, -0.2) is 92.0 Å². The molecule has 12 heteroatoms. The molecule has 24 fully saturated rings. The van der Waals surface area contributed by atoms with Crippen molar-refractivity contribution in [3.05, 3.63) is 0 Å². The number of rotatable bonds is 21. The summed E-state index contributed by atoms with van der Waals surface area (Å²) in [4.78, 5) is 24.3. The molecule has 0 saturated heterocycles. The van der Waals surface area contributed by atoms with E-state index in [0.29, 0.717) is 166 Å². The molecular weight excluding hydrogens is 1010 g/mol. The summed E-state index contributed by atoms with van der Waals surface area (Å²) in [5.74, 6) is 20.8. The molecule has 12 nitrogen and oxygen atoms in total. The second kappa shape index (κ2) is 20.4. The van der Waals surface area contributed by atoms with E-state index in [2.05, 4.69) is 14.7 Å². The minimum atomic E-state index is 0.294. The molecule has 0 amide bonds. The van der Waals surface area contributed by atoms with Crippen molar-refractivity contribution < 1.29 is 28.4 Å². The molecule has 1 aromatic heterocycles. The lowest BCUT2D eigenvalue weighted by molar-refractivity contribution is -0.142. The summed E-state index contributed by atoms with van der Waals surface area (Å²) in [6.07, 6.45) is 42.7. The lowest BCUT2D eigenvalue weighted by atomic mass is 9.55. The molecule has 0 aliphatic heterocycles. The topological polar surface area (TPSA) is 104 Å². The number of nitrogens with zero attached hydrogens (tertiary/aromatic N) is 6. The van der Waals surface area contributed by atoms with Crippen molar-refractivity contribution in [1.29, 1.82) is 0 Å². The summed E-state index contributed by atoms with van der Waals surface area (Å²) in [5.41, 5.74) is 0. The lowest BCUT2D eigenvalue weighted by Gasteiger charge is -2.54. The first kappa shape index (κ1) is 51.2. The number of hydrogen-bond donors (Lipinski definition) is 0. The van der Waals surface area contributed by atoms with Crippen LogP contribution in [0.25, 0.3) is 0 Å². The fourth-order valence-corrected chi connectivity index (χ4v) is 27.2. The SMILES string of the molecule is C1C2CC3CC1CC(C2)C3OCN(COC1C2CC3CC(C2)CC1C3)c1nc(N(COC2C3CC4CC(C3)CC2C4)COC2C3CC4CC(C3)CC2C4)nc(N(COC2C3CC4CC(C3)CC2C4)COC2C3CC4CC(C3)CC2C4)n1. The Morgan fingerprint density at radius 3 is 0.444 bits per heavy atom. The van der Waals surface area contributed by atoms with Crippen LogP contribution in [-0.2, 0) is 28.4 Å². The van der Waals surface area contributed by atoms with E-state index >= 15 is 0 Å². The van der Waals surface area contributed by atoms with Crippen LogP contribution in [0, 0.1) is 142 Å². The number of ether oxygens (including phenoxy) is 6. The van der Waals surface area contributed by atoms with Gasteiger partial charge in [-0.1, -0.05) is 0 Å². The Kier molecular flexibility index (Phi) is 12.9. The first-order valence-electron chi connectivity index (χ1n) is 35.6. The fourth-order valence-electron chi connectivity index (χ4n) is 27.2. The van der Waals surface area contributed by atoms with Crippen LogP contribution in [0.1, 0.15) is 193 Å². The van der Waals surface area contributed by atoms with Crippen LogP contribution in [0.4, 0.5) is 17.8 Å². The largest absolute Gasteiger partial charge is 0.357 e. The second-order valence-electron chi connectivity index (χ2n) is 34.0. The van der Waals surface area contributed by atoms with E-state index in [4.69, 9.17) is 43.4 Å². The smallest absolute Gasteiger partial charge is 0.235 e. The second-order valence-corrected chi connectivity index (χ2v) is 34.0. The van der Waals surface area contributed by atoms with Gasteiger partial charge in [0, 0.05) is 0 Å². The highest BCUT2D eigenvalue weighted by atomic mass is 16.5. The molecule has 0 radical (unpaired) electrons. The molecule has 444 valence electrons. The molecule has 0 unspecified atom stereocenters. The van der Waals surface area contributed by atoms with Gasteiger partial charge in [0.1, 0.15) is 40.4 Å². The predicted molar refractivity (Wildman–Crippen MR) is 308 cm³/mol. The molecular formula is C69H102N6O6. The predicted octanol–water partition coefficient (Wildman–Crippen LogP) is 13.1. The number of anilines is 3. The van der Waals surface area contributed by atoms with Crippen molar-refractivity contribution in [1.82, 2.24) is 15.0 Å². The Labute approximate surface area is 485 Å². The third-order valence-corrected chi connectivity index (χ3v) is 28.8. The molecule has 0 N–H and O–H groups in total. The Hall–Kier alpha value is -1.83. The van der Waals surface area contributed by atoms with E-state index in [1.807, 2.05) is 0 Å². The highest BCUT2D eigenvalue weighted by Crippen LogP contribution is 2.60. The average Bonchev–Trinajstić information content (AvgIpc) is 3.43. The third kappa shape index (κ3) is 9.36. The normalized spacial score (nSPS) is 52.3. The van der Waals surface area contributed by atoms with Crippen molar-refractivity contribution in [2.45, 2.75) is 229 Å². The minimum Gasteiger partial charge on any atom is -0.357 e. The lowest BCUT2D eigenvalue weighted by Crippen LogP contribution is -2.52. The van der Waals surface area contributed by atoms with Gasteiger partial charge < -0.3 is 28.4 Å². The van der Waals surface area contributed by atoms with Gasteiger partial charge in [-0.3, -0.25) is 14.7 Å². The van der Waals surface area contributed by atoms with Gasteiger partial charge >= 0.3 is 0 Å². The zero-order valence-corrected chi connectivity index (χ0v) is 49.4. The van der Waals surface area contributed by atoms with Gasteiger partial charge in [-0.15, -0.1) is 0 Å². The van der Waals surface area contributed by atoms with E-state index in [0.717, 1.165) is 71.0 Å². The van der Waals surface area contributed by atoms with Crippen LogP contribution in [0.2, 0.25) is 0 Å². The van der Waals surface area contributed by atoms with Crippen molar-refractivity contribution in [3.63, 3.8) is 0 Å². The molecule has 0 spiro atoms. The Balaban J connectivity index is 0.688. The van der Waals surface area contributed by atoms with Crippen LogP contribution in [0.15, 0.2) is 0 Å². The molecule has 25 rings (SSSR count). The summed E-state index contributed by atoms with van der Waals surface area (Å²) in [7, 11) is 0. The van der Waals surface area contributed by atoms with Crippen LogP contribution < -0.4 is 14.7 Å². The summed E-state index contributed by atoms with van der Waals surface area (Å²) in [6.45, 7) is 2.62. The highest BCUT2D eigenvalue weighted by Gasteiger charge is 2.55. The molecule has 1 aromatic rings. The summed E-state index contributed by atoms with van der Waals surface area (Å²) in [6, 6.07) is 0. The molecule has 24 saturated carbocycles. The van der Waals surface area contributed by atoms with Crippen molar-refractivity contribution in [2.24, 2.45) is 142 Å². The Morgan fingerprint density at radius 2 is 0.321 bits per heavy atom. The molecule has 1 heterocycles. The summed E-state index contributed by atoms with van der Waals surface area (Å²) < 4.78 is 44.6. The van der Waals surface area contributed by atoms with Gasteiger partial charge in [0.2, 0.25) is 17.8 Å². The minimum absolute atomic E-state index is 0.294. The van der Waals surface area contributed by atoms with Crippen LogP contribution in [0.5, 0.6) is 0 Å². The average molecular weight is 1110 g/mol. The summed E-state index contributed by atoms with van der Waals surface area (Å²) in [5, 5.41) is 0. The van der Waals surface area contributed by atoms with Gasteiger partial charge in [0.15, 0.2) is 0 Å². The van der Waals surface area contributed by atoms with Gasteiger partial charge in [-0.25, -0.2) is 0 Å². The van der Waals surface area contributed by atoms with Crippen molar-refractivity contribution in [2.75, 3.05) is 55.1 Å².